The van der Waals surface area contributed by atoms with Crippen LogP contribution in [0.4, 0.5) is 8.78 Å². The molecule has 2 atom stereocenters. The van der Waals surface area contributed by atoms with Crippen molar-refractivity contribution in [3.05, 3.63) is 113 Å². The van der Waals surface area contributed by atoms with Gasteiger partial charge < -0.3 is 4.74 Å². The molecule has 0 saturated carbocycles. The highest BCUT2D eigenvalue weighted by Crippen LogP contribution is 2.41. The predicted octanol–water partition coefficient (Wildman–Crippen LogP) is 7.26. The van der Waals surface area contributed by atoms with Crippen molar-refractivity contribution >= 4 is 26.5 Å². The van der Waals surface area contributed by atoms with E-state index in [1.165, 1.54) is 22.2 Å². The van der Waals surface area contributed by atoms with E-state index in [0.29, 0.717) is 24.0 Å². The van der Waals surface area contributed by atoms with Crippen LogP contribution in [0.25, 0.3) is 15.0 Å². The first kappa shape index (κ1) is 19.6. The lowest BCUT2D eigenvalue weighted by Crippen LogP contribution is -2.29. The zero-order valence-corrected chi connectivity index (χ0v) is 17.4. The number of esters is 1. The standard InChI is InChI=1S/C26H19F2O2S/c27-21-15-20(16-22(28)17-21)26(12-3-4-13-26)30-25(29)19-7-9-23(10-8-19)31-14-11-18-5-1-2-6-24(18)31/h1-3,5-12,14-17H,4,13H2/q+1. The van der Waals surface area contributed by atoms with Crippen LogP contribution in [0.3, 0.4) is 0 Å². The Hall–Kier alpha value is -3.31. The van der Waals surface area contributed by atoms with E-state index in [9.17, 15) is 13.6 Å². The second-order valence-electron chi connectivity index (χ2n) is 7.58. The minimum Gasteiger partial charge on any atom is -0.446 e. The van der Waals surface area contributed by atoms with Crippen molar-refractivity contribution in [2.24, 2.45) is 0 Å². The van der Waals surface area contributed by atoms with Crippen LogP contribution in [0.1, 0.15) is 28.8 Å². The monoisotopic (exact) mass is 433 g/mol. The van der Waals surface area contributed by atoms with Crippen LogP contribution in [0.15, 0.2) is 90.3 Å². The highest BCUT2D eigenvalue weighted by molar-refractivity contribution is 7.43. The predicted molar refractivity (Wildman–Crippen MR) is 120 cm³/mol. The van der Waals surface area contributed by atoms with Gasteiger partial charge in [0.1, 0.15) is 17.0 Å². The molecule has 2 nitrogen and oxygen atoms in total. The molecule has 5 rings (SSSR count). The van der Waals surface area contributed by atoms with Crippen LogP contribution in [0, 0.1) is 11.6 Å². The maximum absolute atomic E-state index is 13.8. The maximum Gasteiger partial charge on any atom is 0.339 e. The lowest BCUT2D eigenvalue weighted by molar-refractivity contribution is 0.00153. The van der Waals surface area contributed by atoms with Crippen molar-refractivity contribution in [3.8, 4) is 4.90 Å². The summed E-state index contributed by atoms with van der Waals surface area (Å²) < 4.78 is 34.7. The average Bonchev–Trinajstić information content (AvgIpc) is 3.41. The van der Waals surface area contributed by atoms with Crippen molar-refractivity contribution in [1.29, 1.82) is 0 Å². The molecule has 0 fully saturated rings. The summed E-state index contributed by atoms with van der Waals surface area (Å²) in [5.41, 5.74) is -0.452. The van der Waals surface area contributed by atoms with Gasteiger partial charge in [0, 0.05) is 33.6 Å². The van der Waals surface area contributed by atoms with Gasteiger partial charge in [0.15, 0.2) is 15.2 Å². The smallest absolute Gasteiger partial charge is 0.339 e. The Labute approximate surface area is 181 Å². The Bertz CT molecular complexity index is 1290. The average molecular weight is 433 g/mol. The third-order valence-electron chi connectivity index (χ3n) is 5.58. The summed E-state index contributed by atoms with van der Waals surface area (Å²) in [6.45, 7) is 0. The Morgan fingerprint density at radius 3 is 2.39 bits per heavy atom. The number of fused-ring (bicyclic) bond motifs is 1. The molecule has 4 aromatic rings. The van der Waals surface area contributed by atoms with E-state index in [0.717, 1.165) is 11.0 Å². The summed E-state index contributed by atoms with van der Waals surface area (Å²) in [7, 11) is -0.162. The number of thiophene rings is 1. The quantitative estimate of drug-likeness (QED) is 0.192. The van der Waals surface area contributed by atoms with Gasteiger partial charge in [0.2, 0.25) is 0 Å². The number of carbonyl (C=O) groups is 1. The van der Waals surface area contributed by atoms with Crippen molar-refractivity contribution in [3.63, 3.8) is 0 Å². The summed E-state index contributed by atoms with van der Waals surface area (Å²) in [5.74, 6) is -1.91. The molecule has 2 unspecified atom stereocenters. The lowest BCUT2D eigenvalue weighted by atomic mass is 9.92. The van der Waals surface area contributed by atoms with Gasteiger partial charge in [0.25, 0.3) is 0 Å². The third-order valence-corrected chi connectivity index (χ3v) is 7.61. The molecule has 31 heavy (non-hydrogen) atoms. The Balaban J connectivity index is 1.43. The summed E-state index contributed by atoms with van der Waals surface area (Å²) in [5, 5.41) is 3.39. The van der Waals surface area contributed by atoms with E-state index in [1.807, 2.05) is 30.3 Å². The molecule has 1 aliphatic rings. The van der Waals surface area contributed by atoms with Crippen LogP contribution in [0.2, 0.25) is 0 Å². The minimum absolute atomic E-state index is 0.162. The normalized spacial score (nSPS) is 18.5. The number of benzene rings is 3. The molecular weight excluding hydrogens is 414 g/mol. The van der Waals surface area contributed by atoms with Crippen LogP contribution in [-0.4, -0.2) is 5.97 Å². The lowest BCUT2D eigenvalue weighted by Gasteiger charge is -2.28. The SMILES string of the molecule is O=C(OC1(c2cc(F)cc(F)c2)C=CCC1)c1ccc(-[s+]2ccc3ccccc32)cc1. The fourth-order valence-corrected chi connectivity index (χ4v) is 5.92. The molecule has 0 aliphatic heterocycles. The minimum atomic E-state index is -1.16. The van der Waals surface area contributed by atoms with Gasteiger partial charge in [-0.1, -0.05) is 18.2 Å². The van der Waals surface area contributed by atoms with Gasteiger partial charge in [-0.25, -0.2) is 13.6 Å². The van der Waals surface area contributed by atoms with Gasteiger partial charge in [-0.05, 0) is 67.4 Å². The second-order valence-corrected chi connectivity index (χ2v) is 9.44. The van der Waals surface area contributed by atoms with Gasteiger partial charge in [-0.3, -0.25) is 0 Å². The Kier molecular flexibility index (Phi) is 4.91. The van der Waals surface area contributed by atoms with E-state index in [2.05, 4.69) is 23.6 Å². The van der Waals surface area contributed by atoms with E-state index in [1.54, 1.807) is 18.2 Å². The van der Waals surface area contributed by atoms with E-state index >= 15 is 0 Å². The first-order valence-electron chi connectivity index (χ1n) is 10.0. The number of hydrogen-bond acceptors (Lipinski definition) is 2. The molecule has 1 aliphatic carbocycles. The highest BCUT2D eigenvalue weighted by Gasteiger charge is 2.37. The zero-order chi connectivity index (χ0) is 21.4. The third kappa shape index (κ3) is 3.66. The molecule has 154 valence electrons. The van der Waals surface area contributed by atoms with Crippen LogP contribution < -0.4 is 0 Å². The van der Waals surface area contributed by atoms with Crippen molar-refractivity contribution < 1.29 is 18.3 Å². The molecule has 0 spiro atoms. The summed E-state index contributed by atoms with van der Waals surface area (Å²) >= 11 is 0. The molecule has 0 bridgehead atoms. The van der Waals surface area contributed by atoms with Gasteiger partial charge in [-0.15, -0.1) is 0 Å². The molecule has 1 aromatic heterocycles. The number of carbonyl (C=O) groups excluding carboxylic acids is 1. The van der Waals surface area contributed by atoms with Gasteiger partial charge >= 0.3 is 5.97 Å². The maximum atomic E-state index is 13.8. The number of rotatable bonds is 4. The topological polar surface area (TPSA) is 26.3 Å². The van der Waals surface area contributed by atoms with E-state index in [-0.39, 0.29) is 10.5 Å². The Morgan fingerprint density at radius 1 is 0.935 bits per heavy atom. The number of allylic oxidation sites excluding steroid dienone is 1. The van der Waals surface area contributed by atoms with Crippen LogP contribution in [0.5, 0.6) is 0 Å². The van der Waals surface area contributed by atoms with E-state index < -0.39 is 23.2 Å². The molecule has 1 heterocycles. The van der Waals surface area contributed by atoms with Gasteiger partial charge in [-0.2, -0.15) is 0 Å². The van der Waals surface area contributed by atoms with Crippen LogP contribution >= 0.6 is 10.5 Å². The molecule has 0 radical (unpaired) electrons. The molecule has 0 amide bonds. The van der Waals surface area contributed by atoms with Crippen molar-refractivity contribution in [2.75, 3.05) is 0 Å². The highest BCUT2D eigenvalue weighted by atomic mass is 32.2. The molecule has 0 saturated heterocycles. The Morgan fingerprint density at radius 2 is 1.68 bits per heavy atom. The van der Waals surface area contributed by atoms with Crippen LogP contribution in [-0.2, 0) is 10.3 Å². The first-order valence-corrected chi connectivity index (χ1v) is 11.3. The number of ether oxygens (including phenoxy) is 1. The number of halogens is 2. The fraction of sp³-hybridized carbons (Fsp3) is 0.115. The summed E-state index contributed by atoms with van der Waals surface area (Å²) in [6, 6.07) is 21.0. The molecular formula is C26H19F2O2S+. The van der Waals surface area contributed by atoms with Crippen molar-refractivity contribution in [1.82, 2.24) is 0 Å². The zero-order valence-electron chi connectivity index (χ0n) is 16.6. The molecule has 0 N–H and O–H groups in total. The largest absolute Gasteiger partial charge is 0.446 e. The van der Waals surface area contributed by atoms with E-state index in [4.69, 9.17) is 4.74 Å². The number of hydrogen-bond donors (Lipinski definition) is 0. The first-order chi connectivity index (χ1) is 15.0. The molecule has 3 aromatic carbocycles. The summed E-state index contributed by atoms with van der Waals surface area (Å²) in [4.78, 5) is 14.0. The van der Waals surface area contributed by atoms with Crippen molar-refractivity contribution in [2.45, 2.75) is 18.4 Å². The molecule has 5 heteroatoms. The van der Waals surface area contributed by atoms with Gasteiger partial charge in [0.05, 0.1) is 5.56 Å². The summed E-state index contributed by atoms with van der Waals surface area (Å²) in [6.07, 6.45) is 4.70. The second kappa shape index (κ2) is 7.75. The fourth-order valence-electron chi connectivity index (χ4n) is 4.04.